The minimum atomic E-state index is 0.679. The molecule has 1 aliphatic carbocycles. The minimum Gasteiger partial charge on any atom is -0.0619 e. The highest BCUT2D eigenvalue weighted by Crippen LogP contribution is 2.40. The molecule has 67 valence electrons. The first kappa shape index (κ1) is 10.1. The second kappa shape index (κ2) is 3.81. The molecule has 0 aromatic carbocycles. The van der Waals surface area contributed by atoms with Crippen LogP contribution in [0.15, 0.2) is 0 Å². The molecule has 0 spiro atoms. The lowest BCUT2D eigenvalue weighted by Gasteiger charge is -2.21. The molecule has 0 heteroatoms. The summed E-state index contributed by atoms with van der Waals surface area (Å²) in [4.78, 5) is 0. The average molecular weight is 163 g/mol. The van der Waals surface area contributed by atoms with Crippen LogP contribution in [-0.2, 0) is 0 Å². The van der Waals surface area contributed by atoms with E-state index in [1.807, 2.05) is 0 Å². The van der Waals surface area contributed by atoms with E-state index < -0.39 is 0 Å². The van der Waals surface area contributed by atoms with Crippen molar-refractivity contribution in [3.63, 3.8) is 0 Å². The lowest BCUT2D eigenvalue weighted by molar-refractivity contribution is 0.468. The zero-order valence-corrected chi connectivity index (χ0v) is 8.81. The third-order valence-corrected chi connectivity index (χ3v) is 3.09. The van der Waals surface area contributed by atoms with Gasteiger partial charge < -0.3 is 0 Å². The molecule has 0 aliphatic heterocycles. The summed E-state index contributed by atoms with van der Waals surface area (Å²) in [5.41, 5.74) is 0. The molecule has 0 bridgehead atoms. The van der Waals surface area contributed by atoms with Gasteiger partial charge in [0.2, 0.25) is 0 Å². The van der Waals surface area contributed by atoms with Gasteiger partial charge in [0.1, 0.15) is 0 Å². The zero-order chi connectivity index (χ0) is 9.30. The van der Waals surface area contributed by atoms with E-state index in [9.17, 15) is 0 Å². The van der Waals surface area contributed by atoms with Gasteiger partial charge in [-0.3, -0.25) is 0 Å². The van der Waals surface area contributed by atoms with Crippen molar-refractivity contribution in [3.05, 3.63) is 30.6 Å². The van der Waals surface area contributed by atoms with Crippen LogP contribution in [0.5, 0.6) is 0 Å². The van der Waals surface area contributed by atoms with E-state index in [-0.39, 0.29) is 0 Å². The van der Waals surface area contributed by atoms with E-state index in [2.05, 4.69) is 47.5 Å². The van der Waals surface area contributed by atoms with Gasteiger partial charge in [-0.15, -0.1) is 0 Å². The van der Waals surface area contributed by atoms with Crippen molar-refractivity contribution in [1.82, 2.24) is 0 Å². The van der Waals surface area contributed by atoms with Gasteiger partial charge in [-0.1, -0.05) is 34.6 Å². The first-order valence-electron chi connectivity index (χ1n) is 4.73. The summed E-state index contributed by atoms with van der Waals surface area (Å²) in [5, 5.41) is 0. The first-order chi connectivity index (χ1) is 5.52. The van der Waals surface area contributed by atoms with Crippen molar-refractivity contribution in [2.45, 2.75) is 34.6 Å². The number of hydrogen-bond acceptors (Lipinski definition) is 0. The van der Waals surface area contributed by atoms with Crippen LogP contribution in [0.2, 0.25) is 0 Å². The third-order valence-electron chi connectivity index (χ3n) is 3.09. The van der Waals surface area contributed by atoms with Crippen molar-refractivity contribution in [1.29, 1.82) is 0 Å². The Morgan fingerprint density at radius 2 is 1.58 bits per heavy atom. The predicted octanol–water partition coefficient (Wildman–Crippen LogP) is 3.46. The monoisotopic (exact) mass is 163 g/mol. The molecule has 0 heterocycles. The summed E-state index contributed by atoms with van der Waals surface area (Å²) >= 11 is 0. The van der Waals surface area contributed by atoms with Crippen molar-refractivity contribution in [2.75, 3.05) is 0 Å². The maximum absolute atomic E-state index is 2.38. The molecule has 1 saturated carbocycles. The molecule has 0 nitrogen and oxygen atoms in total. The minimum absolute atomic E-state index is 0.679. The molecule has 2 atom stereocenters. The van der Waals surface area contributed by atoms with Crippen LogP contribution in [0.4, 0.5) is 0 Å². The van der Waals surface area contributed by atoms with E-state index in [1.165, 1.54) is 17.8 Å². The highest BCUT2D eigenvalue weighted by molar-refractivity contribution is 5.36. The maximum atomic E-state index is 2.38. The summed E-state index contributed by atoms with van der Waals surface area (Å²) in [6, 6.07) is 0. The van der Waals surface area contributed by atoms with E-state index in [0.717, 1.165) is 0 Å². The molecule has 0 saturated heterocycles. The normalized spacial score (nSPS) is 36.8. The van der Waals surface area contributed by atoms with Crippen molar-refractivity contribution < 1.29 is 0 Å². The quantitative estimate of drug-likeness (QED) is 0.480. The molecular weight excluding hydrogens is 144 g/mol. The number of rotatable bonds is 0. The molecule has 1 fully saturated rings. The lowest BCUT2D eigenvalue weighted by Crippen LogP contribution is -2.13. The highest BCUT2D eigenvalue weighted by atomic mass is 14.3. The Balaban J connectivity index is 2.64. The highest BCUT2D eigenvalue weighted by Gasteiger charge is 2.30. The molecule has 0 N–H and O–H groups in total. The Bertz CT molecular complexity index is 123. The van der Waals surface area contributed by atoms with Gasteiger partial charge in [0.05, 0.1) is 0 Å². The second-order valence-corrected chi connectivity index (χ2v) is 4.07. The summed E-state index contributed by atoms with van der Waals surface area (Å²) in [6.07, 6.45) is 4.70. The van der Waals surface area contributed by atoms with Gasteiger partial charge in [0.15, 0.2) is 0 Å². The van der Waals surface area contributed by atoms with Gasteiger partial charge in [0, 0.05) is 0 Å². The molecular formula is C12H19. The molecule has 0 unspecified atom stereocenters. The van der Waals surface area contributed by atoms with Crippen molar-refractivity contribution in [2.24, 2.45) is 11.8 Å². The van der Waals surface area contributed by atoms with Gasteiger partial charge >= 0.3 is 0 Å². The average Bonchev–Trinajstić information content (AvgIpc) is 2.07. The van der Waals surface area contributed by atoms with Crippen LogP contribution in [0.25, 0.3) is 0 Å². The molecule has 12 heavy (non-hydrogen) atoms. The standard InChI is InChI=1S/C12H19/c1-8-6-10(3)12(5)11(4)7-9(8)2/h6-7,10,12H,1-5H3/t10-,12+/m1/s1. The zero-order valence-electron chi connectivity index (χ0n) is 8.81. The van der Waals surface area contributed by atoms with Crippen molar-refractivity contribution in [3.8, 4) is 0 Å². The molecule has 5 radical (unpaired) electrons. The van der Waals surface area contributed by atoms with Crippen LogP contribution in [-0.4, -0.2) is 0 Å². The van der Waals surface area contributed by atoms with Crippen LogP contribution in [0.1, 0.15) is 34.6 Å². The van der Waals surface area contributed by atoms with Crippen LogP contribution < -0.4 is 0 Å². The van der Waals surface area contributed by atoms with Gasteiger partial charge in [-0.25, -0.2) is 0 Å². The third kappa shape index (κ3) is 2.02. The molecule has 0 aromatic rings. The number of hydrogen-bond donors (Lipinski definition) is 0. The van der Waals surface area contributed by atoms with Crippen LogP contribution in [0, 0.1) is 42.4 Å². The van der Waals surface area contributed by atoms with E-state index >= 15 is 0 Å². The Kier molecular flexibility index (Phi) is 3.20. The molecule has 1 aliphatic rings. The SMILES string of the molecule is C[C]1[CH][C](C)[C@@H](C)[C@H](C)[CH][C]1C. The molecule has 0 aromatic heterocycles. The van der Waals surface area contributed by atoms with Crippen molar-refractivity contribution >= 4 is 0 Å². The van der Waals surface area contributed by atoms with Gasteiger partial charge in [-0.05, 0) is 42.4 Å². The fourth-order valence-corrected chi connectivity index (χ4v) is 1.67. The van der Waals surface area contributed by atoms with E-state index in [1.54, 1.807) is 0 Å². The predicted molar refractivity (Wildman–Crippen MR) is 53.7 cm³/mol. The largest absolute Gasteiger partial charge is 0.0619 e. The van der Waals surface area contributed by atoms with E-state index in [4.69, 9.17) is 0 Å². The Hall–Kier alpha value is 0. The fourth-order valence-electron chi connectivity index (χ4n) is 1.67. The summed E-state index contributed by atoms with van der Waals surface area (Å²) in [7, 11) is 0. The maximum Gasteiger partial charge on any atom is -0.0164 e. The summed E-state index contributed by atoms with van der Waals surface area (Å²) < 4.78 is 0. The van der Waals surface area contributed by atoms with Crippen LogP contribution in [0.3, 0.4) is 0 Å². The second-order valence-electron chi connectivity index (χ2n) is 4.07. The van der Waals surface area contributed by atoms with Gasteiger partial charge in [-0.2, -0.15) is 0 Å². The van der Waals surface area contributed by atoms with Gasteiger partial charge in [0.25, 0.3) is 0 Å². The smallest absolute Gasteiger partial charge is 0.0164 e. The van der Waals surface area contributed by atoms with Crippen LogP contribution >= 0.6 is 0 Å². The van der Waals surface area contributed by atoms with E-state index in [0.29, 0.717) is 11.8 Å². The molecule has 0 amide bonds. The Labute approximate surface area is 77.7 Å². The first-order valence-corrected chi connectivity index (χ1v) is 4.73. The summed E-state index contributed by atoms with van der Waals surface area (Å²) in [6.45, 7) is 11.2. The Morgan fingerprint density at radius 3 is 2.17 bits per heavy atom. The lowest BCUT2D eigenvalue weighted by atomic mass is 9.84. The topological polar surface area (TPSA) is 0 Å². The summed E-state index contributed by atoms with van der Waals surface area (Å²) in [5.74, 6) is 5.74. The fraction of sp³-hybridized carbons (Fsp3) is 0.583. The Morgan fingerprint density at radius 1 is 1.00 bits per heavy atom. The molecule has 1 rings (SSSR count).